The van der Waals surface area contributed by atoms with E-state index in [-0.39, 0.29) is 0 Å². The van der Waals surface area contributed by atoms with Crippen LogP contribution in [0.4, 0.5) is 8.78 Å². The summed E-state index contributed by atoms with van der Waals surface area (Å²) in [6, 6.07) is 3.59. The summed E-state index contributed by atoms with van der Waals surface area (Å²) in [5.74, 6) is -1.13. The second kappa shape index (κ2) is 5.57. The van der Waals surface area contributed by atoms with Crippen molar-refractivity contribution < 1.29 is 13.4 Å². The van der Waals surface area contributed by atoms with Crippen LogP contribution in [0.5, 0.6) is 0 Å². The van der Waals surface area contributed by atoms with E-state index in [2.05, 4.69) is 0 Å². The minimum absolute atomic E-state index is 0.383. The number of nitrogens with zero attached hydrogens (tertiary/aromatic N) is 2. The van der Waals surface area contributed by atoms with Crippen LogP contribution in [0, 0.1) is 11.6 Å². The van der Waals surface area contributed by atoms with Gasteiger partial charge < -0.3 is 4.90 Å². The van der Waals surface area contributed by atoms with Crippen molar-refractivity contribution in [1.82, 2.24) is 4.90 Å². The molecule has 92 valence electrons. The Morgan fingerprint density at radius 1 is 1.24 bits per heavy atom. The van der Waals surface area contributed by atoms with Gasteiger partial charge in [-0.25, -0.2) is 13.4 Å². The van der Waals surface area contributed by atoms with Crippen molar-refractivity contribution in [2.75, 3.05) is 28.2 Å². The molecule has 0 bridgehead atoms. The third-order valence-electron chi connectivity index (χ3n) is 2.04. The normalized spacial score (nSPS) is 11.3. The fourth-order valence-corrected chi connectivity index (χ4v) is 1.45. The van der Waals surface area contributed by atoms with Crippen molar-refractivity contribution in [2.45, 2.75) is 0 Å². The first kappa shape index (κ1) is 13.4. The number of hydrogen-bond acceptors (Lipinski definition) is 1. The van der Waals surface area contributed by atoms with E-state index in [1.165, 1.54) is 12.1 Å². The van der Waals surface area contributed by atoms with Crippen molar-refractivity contribution in [3.05, 3.63) is 41.6 Å². The maximum absolute atomic E-state index is 13.7. The van der Waals surface area contributed by atoms with Crippen LogP contribution in [0.25, 0.3) is 5.57 Å². The van der Waals surface area contributed by atoms with E-state index in [0.717, 1.165) is 6.07 Å². The molecule has 0 radical (unpaired) electrons. The van der Waals surface area contributed by atoms with E-state index in [9.17, 15) is 8.78 Å². The van der Waals surface area contributed by atoms with Gasteiger partial charge in [-0.1, -0.05) is 0 Å². The Balaban J connectivity index is 3.28. The number of rotatable bonds is 3. The Bertz CT molecular complexity index is 458. The molecule has 0 spiro atoms. The second-order valence-corrected chi connectivity index (χ2v) is 4.26. The highest BCUT2D eigenvalue weighted by Gasteiger charge is 2.10. The molecule has 2 nitrogen and oxygen atoms in total. The Kier molecular flexibility index (Phi) is 4.37. The van der Waals surface area contributed by atoms with Crippen LogP contribution in [0.3, 0.4) is 0 Å². The monoisotopic (exact) mass is 239 g/mol. The first-order valence-electron chi connectivity index (χ1n) is 5.25. The van der Waals surface area contributed by atoms with Gasteiger partial charge in [-0.3, -0.25) is 0 Å². The molecule has 0 N–H and O–H groups in total. The highest BCUT2D eigenvalue weighted by molar-refractivity contribution is 6.07. The minimum atomic E-state index is -0.569. The molecule has 0 aromatic heterocycles. The summed E-state index contributed by atoms with van der Waals surface area (Å²) in [5, 5.41) is 0. The Morgan fingerprint density at radius 3 is 2.35 bits per heavy atom. The van der Waals surface area contributed by atoms with Gasteiger partial charge in [0.15, 0.2) is 6.21 Å². The molecule has 0 aliphatic rings. The van der Waals surface area contributed by atoms with Crippen molar-refractivity contribution in [2.24, 2.45) is 0 Å². The van der Waals surface area contributed by atoms with E-state index < -0.39 is 11.6 Å². The molecule has 1 aromatic rings. The molecule has 0 aliphatic carbocycles. The summed E-state index contributed by atoms with van der Waals surface area (Å²) >= 11 is 0. The van der Waals surface area contributed by atoms with Crippen LogP contribution in [0.2, 0.25) is 0 Å². The first-order valence-corrected chi connectivity index (χ1v) is 5.25. The molecule has 0 unspecified atom stereocenters. The zero-order valence-corrected chi connectivity index (χ0v) is 10.5. The van der Waals surface area contributed by atoms with Gasteiger partial charge in [-0.05, 0) is 12.1 Å². The molecule has 0 fully saturated rings. The van der Waals surface area contributed by atoms with Crippen LogP contribution in [0.15, 0.2) is 24.4 Å². The summed E-state index contributed by atoms with van der Waals surface area (Å²) in [6.45, 7) is 0. The summed E-state index contributed by atoms with van der Waals surface area (Å²) in [5.41, 5.74) is 1.08. The zero-order valence-electron chi connectivity index (χ0n) is 10.5. The largest absolute Gasteiger partial charge is 0.383 e. The minimum Gasteiger partial charge on any atom is -0.383 e. The second-order valence-electron chi connectivity index (χ2n) is 4.26. The van der Waals surface area contributed by atoms with Crippen LogP contribution in [-0.2, 0) is 0 Å². The molecule has 1 aromatic carbocycles. The van der Waals surface area contributed by atoms with Gasteiger partial charge in [0, 0.05) is 31.9 Å². The molecule has 0 aliphatic heterocycles. The maximum Gasteiger partial charge on any atom is 0.172 e. The van der Waals surface area contributed by atoms with Gasteiger partial charge in [0.05, 0.1) is 5.57 Å². The molecule has 0 saturated heterocycles. The smallest absolute Gasteiger partial charge is 0.172 e. The van der Waals surface area contributed by atoms with E-state index in [1.807, 2.05) is 37.7 Å². The topological polar surface area (TPSA) is 6.25 Å². The maximum atomic E-state index is 13.7. The number of halogens is 2. The van der Waals surface area contributed by atoms with Crippen LogP contribution in [0.1, 0.15) is 5.56 Å². The van der Waals surface area contributed by atoms with Crippen molar-refractivity contribution in [1.29, 1.82) is 0 Å². The van der Waals surface area contributed by atoms with Crippen LogP contribution >= 0.6 is 0 Å². The lowest BCUT2D eigenvalue weighted by molar-refractivity contribution is -0.458. The van der Waals surface area contributed by atoms with Gasteiger partial charge in [0.2, 0.25) is 0 Å². The lowest BCUT2D eigenvalue weighted by atomic mass is 10.1. The van der Waals surface area contributed by atoms with Gasteiger partial charge in [0.1, 0.15) is 25.7 Å². The van der Waals surface area contributed by atoms with E-state index >= 15 is 0 Å². The third-order valence-corrected chi connectivity index (χ3v) is 2.04. The average molecular weight is 239 g/mol. The molecule has 1 rings (SSSR count). The van der Waals surface area contributed by atoms with Crippen molar-refractivity contribution in [3.63, 3.8) is 0 Å². The third kappa shape index (κ3) is 3.98. The molecular formula is C13H17F2N2+. The van der Waals surface area contributed by atoms with Gasteiger partial charge >= 0.3 is 0 Å². The quantitative estimate of drug-likeness (QED) is 0.579. The molecule has 4 heteroatoms. The molecule has 0 atom stereocenters. The van der Waals surface area contributed by atoms with Gasteiger partial charge in [0.25, 0.3) is 0 Å². The molecule has 0 heterocycles. The Hall–Kier alpha value is -1.71. The summed E-state index contributed by atoms with van der Waals surface area (Å²) in [6.07, 6.45) is 3.58. The van der Waals surface area contributed by atoms with E-state index in [1.54, 1.807) is 12.4 Å². The Morgan fingerprint density at radius 2 is 1.88 bits per heavy atom. The van der Waals surface area contributed by atoms with Crippen molar-refractivity contribution >= 4 is 11.8 Å². The van der Waals surface area contributed by atoms with Gasteiger partial charge in [-0.15, -0.1) is 0 Å². The van der Waals surface area contributed by atoms with Crippen LogP contribution in [-0.4, -0.2) is 43.9 Å². The van der Waals surface area contributed by atoms with E-state index in [0.29, 0.717) is 11.1 Å². The lowest BCUT2D eigenvalue weighted by Crippen LogP contribution is -2.08. The highest BCUT2D eigenvalue weighted by Crippen LogP contribution is 2.18. The number of hydrogen-bond donors (Lipinski definition) is 0. The number of allylic oxidation sites excluding steroid dienone is 1. The predicted molar refractivity (Wildman–Crippen MR) is 66.2 cm³/mol. The zero-order chi connectivity index (χ0) is 13.0. The lowest BCUT2D eigenvalue weighted by Gasteiger charge is -2.08. The standard InChI is InChI=1S/C13H17F2N2/c1-16(2)8-10(9-17(3)4)12-6-5-11(14)7-13(12)15/h5-9H,1-4H3/q+1. The van der Waals surface area contributed by atoms with Gasteiger partial charge in [-0.2, -0.15) is 0 Å². The molecule has 0 saturated carbocycles. The number of benzene rings is 1. The van der Waals surface area contributed by atoms with E-state index in [4.69, 9.17) is 0 Å². The summed E-state index contributed by atoms with van der Waals surface area (Å²) in [7, 11) is 7.41. The average Bonchev–Trinajstić information content (AvgIpc) is 2.14. The fourth-order valence-electron chi connectivity index (χ4n) is 1.45. The summed E-state index contributed by atoms with van der Waals surface area (Å²) < 4.78 is 28.3. The summed E-state index contributed by atoms with van der Waals surface area (Å²) in [4.78, 5) is 1.82. The molecule has 0 amide bonds. The van der Waals surface area contributed by atoms with Crippen molar-refractivity contribution in [3.8, 4) is 0 Å². The van der Waals surface area contributed by atoms with Crippen LogP contribution < -0.4 is 0 Å². The predicted octanol–water partition coefficient (Wildman–Crippen LogP) is 2.21. The molecular weight excluding hydrogens is 222 g/mol. The Labute approximate surface area is 100 Å². The molecule has 17 heavy (non-hydrogen) atoms. The highest BCUT2D eigenvalue weighted by atomic mass is 19.1. The SMILES string of the molecule is CN(C)C=C(C=[N+](C)C)c1ccc(F)cc1F. The first-order chi connectivity index (χ1) is 7.90. The fraction of sp³-hybridized carbons (Fsp3) is 0.308.